The van der Waals surface area contributed by atoms with E-state index in [0.717, 1.165) is 88.4 Å². The summed E-state index contributed by atoms with van der Waals surface area (Å²) < 4.78 is 21.1. The predicted molar refractivity (Wildman–Crippen MR) is 513 cm³/mol. The monoisotopic (exact) mass is 1820 g/mol. The van der Waals surface area contributed by atoms with Crippen LogP contribution in [-0.4, -0.2) is 162 Å². The summed E-state index contributed by atoms with van der Waals surface area (Å²) in [5.41, 5.74) is 6.59. The zero-order valence-electron chi connectivity index (χ0n) is 76.1. The number of aromatic hydroxyl groups is 1. The number of carbonyl (C=O) groups is 4. The molecular weight excluding hydrogens is 1670 g/mol. The first-order valence-electron chi connectivity index (χ1n) is 41.2. The minimum Gasteiger partial charge on any atom is -0.543 e. The lowest BCUT2D eigenvalue weighted by atomic mass is 9.92. The van der Waals surface area contributed by atoms with E-state index in [2.05, 4.69) is 265 Å². The van der Waals surface area contributed by atoms with E-state index in [0.29, 0.717) is 64.7 Å². The number of hydrogen-bond donors (Lipinski definition) is 3. The minimum atomic E-state index is -1.95. The van der Waals surface area contributed by atoms with E-state index >= 15 is 0 Å². The van der Waals surface area contributed by atoms with Crippen LogP contribution in [0.1, 0.15) is 214 Å². The second kappa shape index (κ2) is 47.1. The Balaban J connectivity index is 0.000000378. The number of aldehydes is 1. The van der Waals surface area contributed by atoms with Crippen LogP contribution < -0.4 is 18.6 Å². The number of phenolic OH excluding ortho intramolecular Hbond substituents is 1. The van der Waals surface area contributed by atoms with Crippen LogP contribution in [0, 0.1) is 0 Å². The lowest BCUT2D eigenvalue weighted by Crippen LogP contribution is -2.57. The number of hydrogen-bond acceptors (Lipinski definition) is 13. The first kappa shape index (κ1) is 105. The SMILES string of the molecule is C=CCN1C[C@H](C)N([C@H](c2ccc(C(C)=O)cc2)c2cccc(O[Si](C)(C)C(C)(C)C)c2)C[C@H]1C.C=CCN1C[C@H](C)NC[C@H]1C.CC(=O)c1ccc(C(O)c2cccc(O[Si](C)(C)C(C)(C)C)c2)cc1.CC(C)(C)[Si](C)(C)Cl.CC(C)(C)[Si](C)(C)Oc1cccc(Br)c1.CCN(CC)C(=O)c1ccc(C=O)cc1.Oc1cccc(Br)c1. The number of piperazine rings is 2. The van der Waals surface area contributed by atoms with Crippen molar-refractivity contribution in [1.29, 1.82) is 0 Å². The van der Waals surface area contributed by atoms with Gasteiger partial charge in [0.15, 0.2) is 19.0 Å². The summed E-state index contributed by atoms with van der Waals surface area (Å²) in [6, 6.07) is 55.4. The molecule has 0 radical (unpaired) electrons. The van der Waals surface area contributed by atoms with Crippen LogP contribution in [-0.2, 0) is 0 Å². The molecule has 2 heterocycles. The number of nitrogens with one attached hydrogen (secondary N) is 1. The molecule has 1 unspecified atom stereocenters. The average Bonchev–Trinajstić information content (AvgIpc) is 0.777. The highest BCUT2D eigenvalue weighted by Crippen LogP contribution is 2.43. The van der Waals surface area contributed by atoms with Crippen LogP contribution in [0.15, 0.2) is 204 Å². The Morgan fingerprint density at radius 1 is 0.521 bits per heavy atom. The van der Waals surface area contributed by atoms with Gasteiger partial charge >= 0.3 is 0 Å². The van der Waals surface area contributed by atoms with Crippen LogP contribution in [0.4, 0.5) is 0 Å². The summed E-state index contributed by atoms with van der Waals surface area (Å²) >= 11 is 12.8. The average molecular weight is 1820 g/mol. The third kappa shape index (κ3) is 34.6. The van der Waals surface area contributed by atoms with Crippen molar-refractivity contribution in [2.75, 3.05) is 52.4 Å². The Morgan fingerprint density at radius 2 is 0.906 bits per heavy atom. The molecule has 2 aliphatic rings. The third-order valence-corrected chi connectivity index (χ3v) is 42.3. The molecule has 14 nitrogen and oxygen atoms in total. The molecule has 21 heteroatoms. The normalized spacial score (nSPS) is 16.8. The zero-order chi connectivity index (χ0) is 89.0. The molecule has 0 spiro atoms. The lowest BCUT2D eigenvalue weighted by Gasteiger charge is -2.47. The minimum absolute atomic E-state index is 0.0115. The molecule has 117 heavy (non-hydrogen) atoms. The summed E-state index contributed by atoms with van der Waals surface area (Å²) in [6.07, 6.45) is 4.00. The fourth-order valence-electron chi connectivity index (χ4n) is 11.3. The second-order valence-electron chi connectivity index (χ2n) is 36.8. The number of aliphatic hydroxyl groups excluding tert-OH is 1. The molecule has 7 aromatic rings. The molecule has 0 aliphatic carbocycles. The van der Waals surface area contributed by atoms with Crippen LogP contribution in [0.3, 0.4) is 0 Å². The molecule has 2 fully saturated rings. The molecule has 7 aromatic carbocycles. The first-order chi connectivity index (χ1) is 54.1. The quantitative estimate of drug-likeness (QED) is 0.0205. The summed E-state index contributed by atoms with van der Waals surface area (Å²) in [6.45, 7) is 76.0. The van der Waals surface area contributed by atoms with Gasteiger partial charge in [-0.05, 0) is 210 Å². The van der Waals surface area contributed by atoms with E-state index in [1.54, 1.807) is 78.6 Å². The van der Waals surface area contributed by atoms with Crippen LogP contribution in [0.25, 0.3) is 0 Å². The molecule has 2 saturated heterocycles. The van der Waals surface area contributed by atoms with Crippen LogP contribution in [0.2, 0.25) is 72.5 Å². The number of phenols is 1. The van der Waals surface area contributed by atoms with Gasteiger partial charge in [-0.15, -0.1) is 13.2 Å². The maximum absolute atomic E-state index is 11.9. The smallest absolute Gasteiger partial charge is 0.253 e. The Morgan fingerprint density at radius 3 is 1.28 bits per heavy atom. The Bertz CT molecular complexity index is 4190. The summed E-state index contributed by atoms with van der Waals surface area (Å²) in [7, 11) is -6.95. The number of rotatable bonds is 21. The highest BCUT2D eigenvalue weighted by atomic mass is 79.9. The van der Waals surface area contributed by atoms with Gasteiger partial charge in [0.25, 0.3) is 5.91 Å². The number of carbonyl (C=O) groups excluding carboxylic acids is 4. The van der Waals surface area contributed by atoms with Crippen molar-refractivity contribution < 1.29 is 42.7 Å². The number of nitrogens with zero attached hydrogens (tertiary/aromatic N) is 4. The van der Waals surface area contributed by atoms with Gasteiger partial charge in [-0.2, -0.15) is 11.1 Å². The van der Waals surface area contributed by atoms with Gasteiger partial charge in [-0.1, -0.05) is 237 Å². The molecule has 1 amide bonds. The molecule has 3 N–H and O–H groups in total. The Labute approximate surface area is 732 Å². The maximum Gasteiger partial charge on any atom is 0.253 e. The topological polar surface area (TPSA) is 161 Å². The molecule has 9 rings (SSSR count). The van der Waals surface area contributed by atoms with Gasteiger partial charge in [0, 0.05) is 108 Å². The number of Topliss-reactive ketones (excluding diaryl/α,β-unsaturated/α-hetero) is 2. The van der Waals surface area contributed by atoms with Gasteiger partial charge in [0.1, 0.15) is 35.4 Å². The molecule has 0 bridgehead atoms. The van der Waals surface area contributed by atoms with Crippen LogP contribution >= 0.6 is 42.9 Å². The van der Waals surface area contributed by atoms with Crippen molar-refractivity contribution >= 4 is 99.0 Å². The summed E-state index contributed by atoms with van der Waals surface area (Å²) in [5.74, 6) is 3.13. The molecular formula is C96H144Br2ClN5O9Si4. The Kier molecular flexibility index (Phi) is 42.2. The zero-order valence-corrected chi connectivity index (χ0v) is 84.0. The van der Waals surface area contributed by atoms with E-state index in [1.807, 2.05) is 92.7 Å². The second-order valence-corrected chi connectivity index (χ2v) is 60.1. The maximum atomic E-state index is 11.9. The highest BCUT2D eigenvalue weighted by molar-refractivity contribution is 9.10. The van der Waals surface area contributed by atoms with E-state index < -0.39 is 38.4 Å². The Hall–Kier alpha value is -6.38. The van der Waals surface area contributed by atoms with Gasteiger partial charge in [-0.3, -0.25) is 33.9 Å². The highest BCUT2D eigenvalue weighted by Gasteiger charge is 2.42. The standard InChI is InChI=1S/C30H44N2O2Si.C21H28O3Si.C12H19BrOSi.C12H15NO2.C9H18N2.C6H5BrO.C6H15ClSi/c1-10-18-31-20-23(3)32(21-22(31)2)29(26-16-14-25(15-17-26)24(4)33)27-12-11-13-28(19-27)34-35(8,9)30(5,6)7;1-15(22)16-10-12-17(13-11-16)20(23)18-8-7-9-19(14-18)24-25(5,6)21(2,3)4;1-12(2,3)15(4,5)14-11-8-6-7-10(13)9-11;1-3-13(4-2)12(15)11-7-5-10(9-14)6-8-11;1-4-5-11-7-8(2)10-6-9(11)3;7-5-2-1-3-6(8)4-5;1-6(2,3)8(4,5)7/h10-17,19,22-23,29H,1,18,20-21H2,2-9H3;7-14,20,23H,1-6H3;6-9H,1-5H3;5-9H,3-4H2,1-2H3;4,8-10H,1,5-7H2,2-3H3;1-4,8H;1-5H3/t22-,23+,29-;;;;8-,9+;;/m1...0../s1. The number of benzene rings is 7. The number of aliphatic hydroxyl groups is 1. The number of ketones is 2. The van der Waals surface area contributed by atoms with Crippen molar-refractivity contribution in [2.45, 2.75) is 247 Å². The van der Waals surface area contributed by atoms with Gasteiger partial charge in [0.2, 0.25) is 25.0 Å². The number of amides is 1. The van der Waals surface area contributed by atoms with Gasteiger partial charge < -0.3 is 33.7 Å². The third-order valence-electron chi connectivity index (χ3n) is 23.0. The van der Waals surface area contributed by atoms with E-state index in [-0.39, 0.29) is 38.6 Å². The molecule has 0 aromatic heterocycles. The largest absolute Gasteiger partial charge is 0.543 e. The van der Waals surface area contributed by atoms with Crippen molar-refractivity contribution in [3.63, 3.8) is 0 Å². The van der Waals surface area contributed by atoms with E-state index in [9.17, 15) is 24.3 Å². The number of halogens is 3. The molecule has 2 aliphatic heterocycles. The molecule has 644 valence electrons. The van der Waals surface area contributed by atoms with Gasteiger partial charge in [0.05, 0.1) is 6.04 Å². The molecule has 6 atom stereocenters. The van der Waals surface area contributed by atoms with E-state index in [1.165, 1.54) is 18.1 Å². The first-order valence-corrected chi connectivity index (χ1v) is 55.5. The van der Waals surface area contributed by atoms with Crippen LogP contribution in [0.5, 0.6) is 23.0 Å². The van der Waals surface area contributed by atoms with Crippen molar-refractivity contribution in [3.05, 3.63) is 249 Å². The van der Waals surface area contributed by atoms with Crippen molar-refractivity contribution in [1.82, 2.24) is 24.9 Å². The van der Waals surface area contributed by atoms with E-state index in [4.69, 9.17) is 29.5 Å². The predicted octanol–water partition coefficient (Wildman–Crippen LogP) is 25.4. The van der Waals surface area contributed by atoms with Gasteiger partial charge in [-0.25, -0.2) is 0 Å². The van der Waals surface area contributed by atoms with Crippen molar-refractivity contribution in [2.24, 2.45) is 0 Å². The lowest BCUT2D eigenvalue weighted by molar-refractivity contribution is 0.0306. The fraction of sp³-hybridized carbons (Fsp3) is 0.479. The molecule has 0 saturated carbocycles. The van der Waals surface area contributed by atoms with Crippen molar-refractivity contribution in [3.8, 4) is 23.0 Å². The summed E-state index contributed by atoms with van der Waals surface area (Å²) in [5, 5.41) is 23.7. The summed E-state index contributed by atoms with van der Waals surface area (Å²) in [4.78, 5) is 54.9. The fourth-order valence-corrected chi connectivity index (χ4v) is 15.2.